The number of piperidine rings is 1. The highest BCUT2D eigenvalue weighted by Crippen LogP contribution is 2.20. The van der Waals surface area contributed by atoms with Gasteiger partial charge in [-0.25, -0.2) is 4.98 Å². The summed E-state index contributed by atoms with van der Waals surface area (Å²) < 4.78 is 0. The summed E-state index contributed by atoms with van der Waals surface area (Å²) in [7, 11) is 1.92. The summed E-state index contributed by atoms with van der Waals surface area (Å²) in [6, 6.07) is 6.28. The normalized spacial score (nSPS) is 19.7. The fourth-order valence-corrected chi connectivity index (χ4v) is 2.47. The first kappa shape index (κ1) is 12.9. The largest absolute Gasteiger partial charge is 0.355 e. The van der Waals surface area contributed by atoms with Crippen molar-refractivity contribution >= 4 is 11.7 Å². The van der Waals surface area contributed by atoms with E-state index in [1.807, 2.05) is 43.3 Å². The zero-order valence-corrected chi connectivity index (χ0v) is 11.2. The monoisotopic (exact) mass is 247 g/mol. The third-order valence-corrected chi connectivity index (χ3v) is 3.61. The van der Waals surface area contributed by atoms with Crippen LogP contribution < -0.4 is 4.90 Å². The van der Waals surface area contributed by atoms with Gasteiger partial charge in [0.25, 0.3) is 0 Å². The maximum absolute atomic E-state index is 11.7. The van der Waals surface area contributed by atoms with Crippen molar-refractivity contribution < 1.29 is 4.79 Å². The maximum atomic E-state index is 11.7. The summed E-state index contributed by atoms with van der Waals surface area (Å²) in [5, 5.41) is 0. The predicted molar refractivity (Wildman–Crippen MR) is 72.5 cm³/mol. The Morgan fingerprint density at radius 1 is 1.56 bits per heavy atom. The lowest BCUT2D eigenvalue weighted by atomic mass is 10.0. The molecule has 1 aliphatic heterocycles. The van der Waals surface area contributed by atoms with E-state index in [0.29, 0.717) is 12.5 Å². The van der Waals surface area contributed by atoms with Crippen molar-refractivity contribution in [3.8, 4) is 0 Å². The van der Waals surface area contributed by atoms with E-state index in [1.165, 1.54) is 0 Å². The van der Waals surface area contributed by atoms with Crippen LogP contribution in [0.2, 0.25) is 0 Å². The molecule has 1 fully saturated rings. The van der Waals surface area contributed by atoms with E-state index in [4.69, 9.17) is 0 Å². The van der Waals surface area contributed by atoms with Crippen LogP contribution in [0.4, 0.5) is 5.82 Å². The summed E-state index contributed by atoms with van der Waals surface area (Å²) in [6.07, 6.45) is 4.60. The van der Waals surface area contributed by atoms with E-state index in [1.54, 1.807) is 0 Å². The van der Waals surface area contributed by atoms with Gasteiger partial charge < -0.3 is 9.80 Å². The lowest BCUT2D eigenvalue weighted by Crippen LogP contribution is -2.48. The van der Waals surface area contributed by atoms with Gasteiger partial charge in [-0.05, 0) is 25.0 Å². The van der Waals surface area contributed by atoms with E-state index in [2.05, 4.69) is 9.88 Å². The van der Waals surface area contributed by atoms with Crippen LogP contribution in [-0.2, 0) is 4.79 Å². The first-order chi connectivity index (χ1) is 8.72. The molecule has 1 saturated heterocycles. The number of rotatable bonds is 3. The Kier molecular flexibility index (Phi) is 4.18. The van der Waals surface area contributed by atoms with E-state index >= 15 is 0 Å². The van der Waals surface area contributed by atoms with Crippen molar-refractivity contribution in [3.05, 3.63) is 24.4 Å². The Labute approximate surface area is 109 Å². The number of amides is 1. The van der Waals surface area contributed by atoms with Crippen LogP contribution in [0.15, 0.2) is 24.4 Å². The summed E-state index contributed by atoms with van der Waals surface area (Å²) in [5.41, 5.74) is 0. The molecule has 2 rings (SSSR count). The highest BCUT2D eigenvalue weighted by atomic mass is 16.2. The molecule has 0 spiro atoms. The third-order valence-electron chi connectivity index (χ3n) is 3.61. The number of hydrogen-bond donors (Lipinski definition) is 0. The van der Waals surface area contributed by atoms with Gasteiger partial charge in [-0.15, -0.1) is 0 Å². The second-order valence-electron chi connectivity index (χ2n) is 4.79. The molecule has 0 aromatic carbocycles. The Balaban J connectivity index is 2.03. The molecule has 2 heterocycles. The summed E-state index contributed by atoms with van der Waals surface area (Å²) in [4.78, 5) is 20.3. The smallest absolute Gasteiger partial charge is 0.222 e. The Morgan fingerprint density at radius 2 is 2.39 bits per heavy atom. The molecule has 98 valence electrons. The van der Waals surface area contributed by atoms with Gasteiger partial charge in [0.2, 0.25) is 5.91 Å². The van der Waals surface area contributed by atoms with Gasteiger partial charge in [0.1, 0.15) is 5.82 Å². The van der Waals surface area contributed by atoms with Gasteiger partial charge in [-0.2, -0.15) is 0 Å². The fraction of sp³-hybridized carbons (Fsp3) is 0.571. The molecule has 1 aromatic heterocycles. The van der Waals surface area contributed by atoms with E-state index in [0.717, 1.165) is 31.7 Å². The Hall–Kier alpha value is -1.58. The fourth-order valence-electron chi connectivity index (χ4n) is 2.47. The van der Waals surface area contributed by atoms with E-state index in [9.17, 15) is 4.79 Å². The number of anilines is 1. The van der Waals surface area contributed by atoms with E-state index in [-0.39, 0.29) is 5.91 Å². The zero-order chi connectivity index (χ0) is 13.0. The molecule has 0 N–H and O–H groups in total. The first-order valence-corrected chi connectivity index (χ1v) is 6.64. The van der Waals surface area contributed by atoms with Gasteiger partial charge in [-0.3, -0.25) is 4.79 Å². The lowest BCUT2D eigenvalue weighted by Gasteiger charge is -2.38. The molecule has 1 atom stereocenters. The van der Waals surface area contributed by atoms with E-state index < -0.39 is 0 Å². The molecule has 0 radical (unpaired) electrons. The van der Waals surface area contributed by atoms with Crippen molar-refractivity contribution in [2.75, 3.05) is 25.0 Å². The molecule has 0 saturated carbocycles. The van der Waals surface area contributed by atoms with Gasteiger partial charge >= 0.3 is 0 Å². The minimum absolute atomic E-state index is 0.225. The summed E-state index contributed by atoms with van der Waals surface area (Å²) >= 11 is 0. The molecule has 4 nitrogen and oxygen atoms in total. The number of nitrogens with zero attached hydrogens (tertiary/aromatic N) is 3. The summed E-state index contributed by atoms with van der Waals surface area (Å²) in [5.74, 6) is 1.24. The number of pyridine rings is 1. The standard InChI is InChI=1S/C14H21N3O/c1-3-14(18)16(2)12-7-6-10-17(11-12)13-8-4-5-9-15-13/h4-5,8-9,12H,3,6-7,10-11H2,1-2H3. The number of aromatic nitrogens is 1. The average molecular weight is 247 g/mol. The SMILES string of the molecule is CCC(=O)N(C)C1CCCN(c2ccccn2)C1. The molecule has 1 aliphatic rings. The van der Waals surface area contributed by atoms with Crippen LogP contribution in [0.3, 0.4) is 0 Å². The van der Waals surface area contributed by atoms with Gasteiger partial charge in [0, 0.05) is 38.8 Å². The highest BCUT2D eigenvalue weighted by Gasteiger charge is 2.25. The lowest BCUT2D eigenvalue weighted by molar-refractivity contribution is -0.131. The minimum Gasteiger partial charge on any atom is -0.355 e. The van der Waals surface area contributed by atoms with Crippen LogP contribution in [-0.4, -0.2) is 42.0 Å². The molecular formula is C14H21N3O. The Morgan fingerprint density at radius 3 is 3.06 bits per heavy atom. The molecule has 18 heavy (non-hydrogen) atoms. The molecule has 1 amide bonds. The molecule has 1 unspecified atom stereocenters. The molecule has 4 heteroatoms. The molecule has 0 aliphatic carbocycles. The number of hydrogen-bond acceptors (Lipinski definition) is 3. The molecular weight excluding hydrogens is 226 g/mol. The topological polar surface area (TPSA) is 36.4 Å². The predicted octanol–water partition coefficient (Wildman–Crippen LogP) is 1.92. The maximum Gasteiger partial charge on any atom is 0.222 e. The second-order valence-corrected chi connectivity index (χ2v) is 4.79. The van der Waals surface area contributed by atoms with Crippen molar-refractivity contribution in [3.63, 3.8) is 0 Å². The van der Waals surface area contributed by atoms with Crippen molar-refractivity contribution in [2.45, 2.75) is 32.2 Å². The number of carbonyl (C=O) groups excluding carboxylic acids is 1. The van der Waals surface area contributed by atoms with Gasteiger partial charge in [-0.1, -0.05) is 13.0 Å². The molecule has 1 aromatic rings. The van der Waals surface area contributed by atoms with Crippen molar-refractivity contribution in [1.82, 2.24) is 9.88 Å². The van der Waals surface area contributed by atoms with Crippen LogP contribution in [0.1, 0.15) is 26.2 Å². The van der Waals surface area contributed by atoms with Gasteiger partial charge in [0.15, 0.2) is 0 Å². The van der Waals surface area contributed by atoms with Crippen molar-refractivity contribution in [2.24, 2.45) is 0 Å². The number of likely N-dealkylation sites (N-methyl/N-ethyl adjacent to an activating group) is 1. The quantitative estimate of drug-likeness (QED) is 0.818. The minimum atomic E-state index is 0.225. The number of carbonyl (C=O) groups is 1. The molecule has 0 bridgehead atoms. The summed E-state index contributed by atoms with van der Waals surface area (Å²) in [6.45, 7) is 3.83. The Bertz CT molecular complexity index is 393. The van der Waals surface area contributed by atoms with Crippen LogP contribution >= 0.6 is 0 Å². The van der Waals surface area contributed by atoms with Crippen molar-refractivity contribution in [1.29, 1.82) is 0 Å². The van der Waals surface area contributed by atoms with Crippen LogP contribution in [0, 0.1) is 0 Å². The first-order valence-electron chi connectivity index (χ1n) is 6.64. The highest BCUT2D eigenvalue weighted by molar-refractivity contribution is 5.75. The van der Waals surface area contributed by atoms with Crippen LogP contribution in [0.25, 0.3) is 0 Å². The third kappa shape index (κ3) is 2.81. The second kappa shape index (κ2) is 5.85. The zero-order valence-electron chi connectivity index (χ0n) is 11.2. The van der Waals surface area contributed by atoms with Gasteiger partial charge in [0.05, 0.1) is 0 Å². The average Bonchev–Trinajstić information content (AvgIpc) is 2.46. The van der Waals surface area contributed by atoms with Crippen LogP contribution in [0.5, 0.6) is 0 Å².